The maximum atomic E-state index is 12.7. The molecule has 0 unspecified atom stereocenters. The molecule has 31 heavy (non-hydrogen) atoms. The summed E-state index contributed by atoms with van der Waals surface area (Å²) in [6.45, 7) is 1.41. The number of aromatic nitrogens is 2. The number of nitrogens with one attached hydrogen (secondary N) is 1. The zero-order valence-electron chi connectivity index (χ0n) is 18.6. The number of thioether (sulfide) groups is 1. The predicted octanol–water partition coefficient (Wildman–Crippen LogP) is 2.43. The van der Waals surface area contributed by atoms with Gasteiger partial charge in [-0.15, -0.1) is 0 Å². The molecule has 1 aromatic carbocycles. The van der Waals surface area contributed by atoms with E-state index in [1.165, 1.54) is 11.8 Å². The lowest BCUT2D eigenvalue weighted by atomic mass is 9.97. The summed E-state index contributed by atoms with van der Waals surface area (Å²) in [6.07, 6.45) is 3.91. The molecule has 3 rings (SSSR count). The molecular formula is C22H30N4O4S. The number of anilines is 1. The molecule has 1 N–H and O–H groups in total. The number of benzene rings is 1. The van der Waals surface area contributed by atoms with Gasteiger partial charge in [0, 0.05) is 30.4 Å². The standard InChI is InChI=1S/C22H30N4O4S/c1-25(2)11-12-26-18-8-6-5-7-16(18)21(24-22(26)28)31-14-20(27)23-17-10-9-15(29-3)13-19(17)30-4/h9-10,13H,5-8,11-12,14H2,1-4H3,(H,23,27). The third kappa shape index (κ3) is 5.80. The highest BCUT2D eigenvalue weighted by atomic mass is 32.2. The molecule has 1 heterocycles. The summed E-state index contributed by atoms with van der Waals surface area (Å²) in [5, 5.41) is 3.54. The molecule has 1 aliphatic rings. The van der Waals surface area contributed by atoms with Gasteiger partial charge in [0.25, 0.3) is 0 Å². The minimum atomic E-state index is -0.234. The summed E-state index contributed by atoms with van der Waals surface area (Å²) < 4.78 is 12.3. The van der Waals surface area contributed by atoms with Gasteiger partial charge in [0.05, 0.1) is 25.7 Å². The fraction of sp³-hybridized carbons (Fsp3) is 0.500. The van der Waals surface area contributed by atoms with Gasteiger partial charge in [0.15, 0.2) is 0 Å². The third-order valence-electron chi connectivity index (χ3n) is 5.24. The quantitative estimate of drug-likeness (QED) is 0.468. The fourth-order valence-corrected chi connectivity index (χ4v) is 4.50. The lowest BCUT2D eigenvalue weighted by molar-refractivity contribution is -0.113. The number of rotatable bonds is 9. The lowest BCUT2D eigenvalue weighted by Crippen LogP contribution is -2.33. The van der Waals surface area contributed by atoms with Gasteiger partial charge in [-0.3, -0.25) is 9.36 Å². The average Bonchev–Trinajstić information content (AvgIpc) is 2.77. The molecule has 0 aliphatic heterocycles. The number of amides is 1. The number of carbonyl (C=O) groups is 1. The zero-order valence-corrected chi connectivity index (χ0v) is 19.4. The monoisotopic (exact) mass is 446 g/mol. The molecule has 9 heteroatoms. The van der Waals surface area contributed by atoms with Crippen molar-refractivity contribution in [2.75, 3.05) is 45.9 Å². The molecule has 1 amide bonds. The summed E-state index contributed by atoms with van der Waals surface area (Å²) in [6, 6.07) is 5.22. The van der Waals surface area contributed by atoms with Crippen LogP contribution in [0.25, 0.3) is 0 Å². The van der Waals surface area contributed by atoms with Crippen LogP contribution in [0.4, 0.5) is 5.69 Å². The van der Waals surface area contributed by atoms with Crippen molar-refractivity contribution in [1.29, 1.82) is 0 Å². The van der Waals surface area contributed by atoms with Gasteiger partial charge in [0.2, 0.25) is 5.91 Å². The van der Waals surface area contributed by atoms with E-state index in [0.717, 1.165) is 43.5 Å². The second kappa shape index (κ2) is 10.7. The van der Waals surface area contributed by atoms with Crippen molar-refractivity contribution in [3.05, 3.63) is 39.9 Å². The van der Waals surface area contributed by atoms with Crippen LogP contribution in [0.15, 0.2) is 28.0 Å². The summed E-state index contributed by atoms with van der Waals surface area (Å²) in [5.41, 5.74) is 2.53. The van der Waals surface area contributed by atoms with Crippen LogP contribution >= 0.6 is 11.8 Å². The summed E-state index contributed by atoms with van der Waals surface area (Å²) >= 11 is 1.32. The van der Waals surface area contributed by atoms with Crippen molar-refractivity contribution in [3.63, 3.8) is 0 Å². The van der Waals surface area contributed by atoms with E-state index < -0.39 is 0 Å². The molecule has 0 radical (unpaired) electrons. The van der Waals surface area contributed by atoms with Gasteiger partial charge in [-0.25, -0.2) is 4.79 Å². The highest BCUT2D eigenvalue weighted by Gasteiger charge is 2.21. The summed E-state index contributed by atoms with van der Waals surface area (Å²) in [4.78, 5) is 31.7. The Morgan fingerprint density at radius 3 is 2.71 bits per heavy atom. The van der Waals surface area contributed by atoms with E-state index in [4.69, 9.17) is 9.47 Å². The van der Waals surface area contributed by atoms with Crippen molar-refractivity contribution in [2.24, 2.45) is 0 Å². The second-order valence-electron chi connectivity index (χ2n) is 7.69. The molecule has 0 spiro atoms. The van der Waals surface area contributed by atoms with E-state index in [1.54, 1.807) is 37.0 Å². The SMILES string of the molecule is COc1ccc(NC(=O)CSc2nc(=O)n(CCN(C)C)c3c2CCCC3)c(OC)c1. The van der Waals surface area contributed by atoms with Gasteiger partial charge in [-0.1, -0.05) is 11.8 Å². The zero-order chi connectivity index (χ0) is 22.4. The Balaban J connectivity index is 1.74. The second-order valence-corrected chi connectivity index (χ2v) is 8.65. The molecule has 168 valence electrons. The number of carbonyl (C=O) groups excluding carboxylic acids is 1. The predicted molar refractivity (Wildman–Crippen MR) is 123 cm³/mol. The van der Waals surface area contributed by atoms with Gasteiger partial charge in [-0.2, -0.15) is 4.98 Å². The third-order valence-corrected chi connectivity index (χ3v) is 6.26. The van der Waals surface area contributed by atoms with Crippen molar-refractivity contribution < 1.29 is 14.3 Å². The van der Waals surface area contributed by atoms with E-state index in [0.29, 0.717) is 28.8 Å². The fourth-order valence-electron chi connectivity index (χ4n) is 3.62. The molecule has 2 aromatic rings. The van der Waals surface area contributed by atoms with E-state index in [1.807, 2.05) is 14.1 Å². The molecule has 0 fully saturated rings. The van der Waals surface area contributed by atoms with E-state index in [9.17, 15) is 9.59 Å². The Kier molecular flexibility index (Phi) is 7.97. The van der Waals surface area contributed by atoms with Crippen molar-refractivity contribution in [2.45, 2.75) is 37.3 Å². The maximum Gasteiger partial charge on any atom is 0.348 e. The summed E-state index contributed by atoms with van der Waals surface area (Å²) in [5.74, 6) is 1.15. The van der Waals surface area contributed by atoms with Crippen molar-refractivity contribution >= 4 is 23.4 Å². The van der Waals surface area contributed by atoms with Crippen molar-refractivity contribution in [1.82, 2.24) is 14.5 Å². The van der Waals surface area contributed by atoms with Crippen LogP contribution in [-0.4, -0.2) is 61.0 Å². The Labute approximate surface area is 186 Å². The lowest BCUT2D eigenvalue weighted by Gasteiger charge is -2.23. The minimum absolute atomic E-state index is 0.162. The first-order valence-electron chi connectivity index (χ1n) is 10.3. The van der Waals surface area contributed by atoms with Crippen LogP contribution in [-0.2, 0) is 24.2 Å². The molecule has 1 aliphatic carbocycles. The Bertz CT molecular complexity index is 990. The molecule has 1 aromatic heterocycles. The molecular weight excluding hydrogens is 416 g/mol. The van der Waals surface area contributed by atoms with Gasteiger partial charge < -0.3 is 19.7 Å². The van der Waals surface area contributed by atoms with Crippen LogP contribution in [0.1, 0.15) is 24.1 Å². The Morgan fingerprint density at radius 1 is 1.23 bits per heavy atom. The molecule has 8 nitrogen and oxygen atoms in total. The molecule has 0 bridgehead atoms. The highest BCUT2D eigenvalue weighted by molar-refractivity contribution is 8.00. The van der Waals surface area contributed by atoms with Crippen LogP contribution in [0.3, 0.4) is 0 Å². The smallest absolute Gasteiger partial charge is 0.348 e. The maximum absolute atomic E-state index is 12.7. The van der Waals surface area contributed by atoms with Crippen molar-refractivity contribution in [3.8, 4) is 11.5 Å². The highest BCUT2D eigenvalue weighted by Crippen LogP contribution is 2.31. The number of methoxy groups -OCH3 is 2. The topological polar surface area (TPSA) is 85.7 Å². The van der Waals surface area contributed by atoms with E-state index in [2.05, 4.69) is 15.2 Å². The number of likely N-dealkylation sites (N-methyl/N-ethyl adjacent to an activating group) is 1. The average molecular weight is 447 g/mol. The number of fused-ring (bicyclic) bond motifs is 1. The summed E-state index contributed by atoms with van der Waals surface area (Å²) in [7, 11) is 7.10. The van der Waals surface area contributed by atoms with Crippen LogP contribution < -0.4 is 20.5 Å². The molecule has 0 saturated heterocycles. The first-order valence-corrected chi connectivity index (χ1v) is 11.3. The van der Waals surface area contributed by atoms with E-state index >= 15 is 0 Å². The number of ether oxygens (including phenoxy) is 2. The van der Waals surface area contributed by atoms with Gasteiger partial charge in [0.1, 0.15) is 16.5 Å². The Morgan fingerprint density at radius 2 is 2.00 bits per heavy atom. The Hall–Kier alpha value is -2.52. The normalized spacial score (nSPS) is 13.1. The minimum Gasteiger partial charge on any atom is -0.497 e. The van der Waals surface area contributed by atoms with Gasteiger partial charge in [-0.05, 0) is 51.9 Å². The largest absolute Gasteiger partial charge is 0.497 e. The van der Waals surface area contributed by atoms with Gasteiger partial charge >= 0.3 is 5.69 Å². The number of hydrogen-bond acceptors (Lipinski definition) is 7. The molecule has 0 atom stereocenters. The van der Waals surface area contributed by atoms with Crippen LogP contribution in [0.5, 0.6) is 11.5 Å². The van der Waals surface area contributed by atoms with Crippen LogP contribution in [0.2, 0.25) is 0 Å². The first-order chi connectivity index (χ1) is 14.9. The molecule has 0 saturated carbocycles. The first kappa shape index (κ1) is 23.1. The van der Waals surface area contributed by atoms with E-state index in [-0.39, 0.29) is 17.3 Å². The van der Waals surface area contributed by atoms with Crippen LogP contribution in [0, 0.1) is 0 Å². The number of nitrogens with zero attached hydrogens (tertiary/aromatic N) is 3. The number of hydrogen-bond donors (Lipinski definition) is 1.